The lowest BCUT2D eigenvalue weighted by molar-refractivity contribution is -0.120. The Hall–Kier alpha value is -1.40. The van der Waals surface area contributed by atoms with Crippen molar-refractivity contribution >= 4 is 28.1 Å². The highest BCUT2D eigenvalue weighted by Crippen LogP contribution is 2.21. The Morgan fingerprint density at radius 2 is 2.05 bits per heavy atom. The molecule has 1 aliphatic rings. The highest BCUT2D eigenvalue weighted by Gasteiger charge is 2.25. The van der Waals surface area contributed by atoms with E-state index >= 15 is 0 Å². The first-order valence-corrected chi connectivity index (χ1v) is 8.23. The van der Waals surface area contributed by atoms with Crippen molar-refractivity contribution in [2.45, 2.75) is 19.9 Å². The standard InChI is InChI=1S/C14H21N3O2S/c1-10-12(15)4-3-5-13(10)16-14(18)11(2)17-6-8-20(19)9-7-17/h3-5,11H,6-9,15H2,1-2H3,(H,16,18). The van der Waals surface area contributed by atoms with E-state index in [1.54, 1.807) is 0 Å². The molecule has 1 aromatic rings. The lowest BCUT2D eigenvalue weighted by atomic mass is 10.1. The average molecular weight is 295 g/mol. The second-order valence-corrected chi connectivity index (χ2v) is 6.77. The van der Waals surface area contributed by atoms with Crippen molar-refractivity contribution in [2.75, 3.05) is 35.6 Å². The number of nitrogens with zero attached hydrogens (tertiary/aromatic N) is 1. The van der Waals surface area contributed by atoms with Gasteiger partial charge < -0.3 is 11.1 Å². The van der Waals surface area contributed by atoms with E-state index in [4.69, 9.17) is 5.73 Å². The van der Waals surface area contributed by atoms with Crippen LogP contribution in [0.3, 0.4) is 0 Å². The van der Waals surface area contributed by atoms with Gasteiger partial charge in [0.25, 0.3) is 0 Å². The summed E-state index contributed by atoms with van der Waals surface area (Å²) >= 11 is 0. The molecule has 0 aromatic heterocycles. The molecule has 1 unspecified atom stereocenters. The van der Waals surface area contributed by atoms with Crippen molar-refractivity contribution in [1.82, 2.24) is 4.90 Å². The van der Waals surface area contributed by atoms with Gasteiger partial charge in [0, 0.05) is 46.8 Å². The topological polar surface area (TPSA) is 75.4 Å². The average Bonchev–Trinajstić information content (AvgIpc) is 2.44. The van der Waals surface area contributed by atoms with E-state index in [0.29, 0.717) is 30.3 Å². The molecule has 1 saturated heterocycles. The van der Waals surface area contributed by atoms with Crippen molar-refractivity contribution in [3.05, 3.63) is 23.8 Å². The van der Waals surface area contributed by atoms with Gasteiger partial charge in [-0.3, -0.25) is 13.9 Å². The predicted octanol–water partition coefficient (Wildman–Crippen LogP) is 0.969. The first kappa shape index (κ1) is 15.0. The first-order valence-electron chi connectivity index (χ1n) is 6.74. The van der Waals surface area contributed by atoms with Crippen molar-refractivity contribution in [2.24, 2.45) is 0 Å². The normalized spacial score (nSPS) is 18.7. The van der Waals surface area contributed by atoms with Gasteiger partial charge in [0.05, 0.1) is 6.04 Å². The molecule has 1 atom stereocenters. The van der Waals surface area contributed by atoms with Gasteiger partial charge in [-0.15, -0.1) is 0 Å². The molecular weight excluding hydrogens is 274 g/mol. The molecule has 1 aromatic carbocycles. The highest BCUT2D eigenvalue weighted by atomic mass is 32.2. The van der Waals surface area contributed by atoms with E-state index in [0.717, 1.165) is 11.3 Å². The molecule has 1 fully saturated rings. The number of anilines is 2. The Morgan fingerprint density at radius 1 is 1.40 bits per heavy atom. The molecule has 2 rings (SSSR count). The predicted molar refractivity (Wildman–Crippen MR) is 83.1 cm³/mol. The van der Waals surface area contributed by atoms with Crippen molar-refractivity contribution in [3.8, 4) is 0 Å². The van der Waals surface area contributed by atoms with Crippen LogP contribution in [0.1, 0.15) is 12.5 Å². The van der Waals surface area contributed by atoms with Gasteiger partial charge in [-0.25, -0.2) is 0 Å². The Labute approximate surface area is 122 Å². The van der Waals surface area contributed by atoms with Gasteiger partial charge >= 0.3 is 0 Å². The monoisotopic (exact) mass is 295 g/mol. The Bertz CT molecular complexity index is 523. The fourth-order valence-corrected chi connectivity index (χ4v) is 3.31. The summed E-state index contributed by atoms with van der Waals surface area (Å²) in [5.74, 6) is 1.25. The molecule has 1 heterocycles. The maximum atomic E-state index is 12.3. The number of amides is 1. The summed E-state index contributed by atoms with van der Waals surface area (Å²) in [4.78, 5) is 14.4. The molecule has 0 bridgehead atoms. The van der Waals surface area contributed by atoms with E-state index in [1.807, 2.05) is 32.0 Å². The SMILES string of the molecule is Cc1c(N)cccc1NC(=O)C(C)N1CCS(=O)CC1. The fraction of sp³-hybridized carbons (Fsp3) is 0.500. The summed E-state index contributed by atoms with van der Waals surface area (Å²) in [5, 5.41) is 2.92. The van der Waals surface area contributed by atoms with Gasteiger partial charge in [0.15, 0.2) is 0 Å². The molecule has 110 valence electrons. The third-order valence-electron chi connectivity index (χ3n) is 3.77. The molecule has 0 radical (unpaired) electrons. The summed E-state index contributed by atoms with van der Waals surface area (Å²) in [7, 11) is -0.725. The number of rotatable bonds is 3. The van der Waals surface area contributed by atoms with Crippen LogP contribution in [-0.2, 0) is 15.6 Å². The molecule has 5 nitrogen and oxygen atoms in total. The van der Waals surface area contributed by atoms with E-state index in [2.05, 4.69) is 10.2 Å². The number of nitrogen functional groups attached to an aromatic ring is 1. The van der Waals surface area contributed by atoms with Crippen LogP contribution >= 0.6 is 0 Å². The second kappa shape index (κ2) is 6.37. The number of hydrogen-bond donors (Lipinski definition) is 2. The number of carbonyl (C=O) groups excluding carboxylic acids is 1. The lowest BCUT2D eigenvalue weighted by Crippen LogP contribution is -2.48. The van der Waals surface area contributed by atoms with Crippen LogP contribution in [0, 0.1) is 6.92 Å². The van der Waals surface area contributed by atoms with E-state index < -0.39 is 10.8 Å². The molecule has 1 aliphatic heterocycles. The third kappa shape index (κ3) is 3.37. The van der Waals surface area contributed by atoms with Crippen LogP contribution in [0.2, 0.25) is 0 Å². The first-order chi connectivity index (χ1) is 9.49. The minimum atomic E-state index is -0.725. The Balaban J connectivity index is 2.00. The van der Waals surface area contributed by atoms with Crippen LogP contribution < -0.4 is 11.1 Å². The van der Waals surface area contributed by atoms with Gasteiger partial charge in [-0.1, -0.05) is 6.07 Å². The largest absolute Gasteiger partial charge is 0.398 e. The summed E-state index contributed by atoms with van der Waals surface area (Å²) in [6.45, 7) is 5.18. The molecule has 0 aliphatic carbocycles. The molecule has 0 saturated carbocycles. The zero-order valence-electron chi connectivity index (χ0n) is 11.9. The number of hydrogen-bond acceptors (Lipinski definition) is 4. The zero-order valence-corrected chi connectivity index (χ0v) is 12.7. The van der Waals surface area contributed by atoms with E-state index in [9.17, 15) is 9.00 Å². The number of nitrogens with one attached hydrogen (secondary N) is 1. The van der Waals surface area contributed by atoms with Gasteiger partial charge in [0.2, 0.25) is 5.91 Å². The quantitative estimate of drug-likeness (QED) is 0.815. The van der Waals surface area contributed by atoms with Crippen LogP contribution in [-0.4, -0.2) is 45.7 Å². The van der Waals surface area contributed by atoms with Crippen LogP contribution in [0.15, 0.2) is 18.2 Å². The highest BCUT2D eigenvalue weighted by molar-refractivity contribution is 7.85. The minimum absolute atomic E-state index is 0.0496. The van der Waals surface area contributed by atoms with E-state index in [-0.39, 0.29) is 11.9 Å². The molecule has 6 heteroatoms. The fourth-order valence-electron chi connectivity index (χ4n) is 2.23. The summed E-state index contributed by atoms with van der Waals surface area (Å²) in [6.07, 6.45) is 0. The number of nitrogens with two attached hydrogens (primary N) is 1. The Morgan fingerprint density at radius 3 is 2.70 bits per heavy atom. The maximum Gasteiger partial charge on any atom is 0.241 e. The van der Waals surface area contributed by atoms with Gasteiger partial charge in [-0.05, 0) is 31.5 Å². The lowest BCUT2D eigenvalue weighted by Gasteiger charge is -2.31. The van der Waals surface area contributed by atoms with Crippen LogP contribution in [0.4, 0.5) is 11.4 Å². The van der Waals surface area contributed by atoms with Crippen molar-refractivity contribution in [1.29, 1.82) is 0 Å². The Kier molecular flexibility index (Phi) is 4.77. The maximum absolute atomic E-state index is 12.3. The summed E-state index contributed by atoms with van der Waals surface area (Å²) < 4.78 is 11.3. The van der Waals surface area contributed by atoms with Crippen molar-refractivity contribution < 1.29 is 9.00 Å². The third-order valence-corrected chi connectivity index (χ3v) is 5.05. The number of carbonyl (C=O) groups is 1. The molecular formula is C14H21N3O2S. The zero-order chi connectivity index (χ0) is 14.7. The van der Waals surface area contributed by atoms with Gasteiger partial charge in [0.1, 0.15) is 0 Å². The summed E-state index contributed by atoms with van der Waals surface area (Å²) in [6, 6.07) is 5.26. The van der Waals surface area contributed by atoms with Crippen LogP contribution in [0.25, 0.3) is 0 Å². The molecule has 3 N–H and O–H groups in total. The molecule has 0 spiro atoms. The minimum Gasteiger partial charge on any atom is -0.398 e. The second-order valence-electron chi connectivity index (χ2n) is 5.07. The molecule has 1 amide bonds. The summed E-state index contributed by atoms with van der Waals surface area (Å²) in [5.41, 5.74) is 8.14. The molecule has 20 heavy (non-hydrogen) atoms. The van der Waals surface area contributed by atoms with E-state index in [1.165, 1.54) is 0 Å². The smallest absolute Gasteiger partial charge is 0.241 e. The number of benzene rings is 1. The van der Waals surface area contributed by atoms with Crippen LogP contribution in [0.5, 0.6) is 0 Å². The van der Waals surface area contributed by atoms with Crippen molar-refractivity contribution in [3.63, 3.8) is 0 Å². The van der Waals surface area contributed by atoms with Gasteiger partial charge in [-0.2, -0.15) is 0 Å².